The van der Waals surface area contributed by atoms with Crippen LogP contribution in [0.2, 0.25) is 15.1 Å². The summed E-state index contributed by atoms with van der Waals surface area (Å²) in [6, 6.07) is 19.8. The molecule has 3 aromatic rings. The molecule has 3 rings (SSSR count). The highest BCUT2D eigenvalue weighted by molar-refractivity contribution is 7.98. The van der Waals surface area contributed by atoms with Gasteiger partial charge in [0.1, 0.15) is 6.54 Å². The number of sulfonamides is 1. The summed E-state index contributed by atoms with van der Waals surface area (Å²) in [7, 11) is -3.96. The zero-order chi connectivity index (χ0) is 23.8. The third-order valence-corrected chi connectivity index (χ3v) is 8.33. The largest absolute Gasteiger partial charge is 0.354 e. The molecule has 0 saturated heterocycles. The maximum Gasteiger partial charge on any atom is 0.264 e. The van der Waals surface area contributed by atoms with E-state index in [1.807, 2.05) is 12.1 Å². The lowest BCUT2D eigenvalue weighted by atomic mass is 10.2. The number of nitrogens with zero attached hydrogens (tertiary/aromatic N) is 1. The Morgan fingerprint density at radius 1 is 0.909 bits per heavy atom. The first-order valence-corrected chi connectivity index (χ1v) is 13.6. The Bertz CT molecular complexity index is 1210. The highest BCUT2D eigenvalue weighted by Gasteiger charge is 2.27. The predicted octanol–water partition coefficient (Wildman–Crippen LogP) is 5.89. The summed E-state index contributed by atoms with van der Waals surface area (Å²) in [6.07, 6.45) is 0. The van der Waals surface area contributed by atoms with Gasteiger partial charge in [-0.25, -0.2) is 8.42 Å². The maximum absolute atomic E-state index is 13.2. The quantitative estimate of drug-likeness (QED) is 0.324. The number of carbonyl (C=O) groups is 1. The Hall–Kier alpha value is -1.90. The van der Waals surface area contributed by atoms with Gasteiger partial charge in [-0.05, 0) is 48.0 Å². The molecule has 0 aliphatic rings. The maximum atomic E-state index is 13.2. The van der Waals surface area contributed by atoms with Crippen molar-refractivity contribution < 1.29 is 13.2 Å². The van der Waals surface area contributed by atoms with Gasteiger partial charge >= 0.3 is 0 Å². The summed E-state index contributed by atoms with van der Waals surface area (Å²) in [6.45, 7) is 0.0224. The van der Waals surface area contributed by atoms with E-state index < -0.39 is 15.9 Å². The zero-order valence-corrected chi connectivity index (χ0v) is 21.3. The molecule has 1 amide bonds. The van der Waals surface area contributed by atoms with E-state index in [1.165, 1.54) is 18.2 Å². The first kappa shape index (κ1) is 25.7. The van der Waals surface area contributed by atoms with Crippen LogP contribution in [-0.2, 0) is 20.6 Å². The number of hydrogen-bond donors (Lipinski definition) is 1. The molecule has 0 bridgehead atoms. The van der Waals surface area contributed by atoms with Crippen LogP contribution in [-0.4, -0.2) is 33.2 Å². The van der Waals surface area contributed by atoms with Crippen LogP contribution < -0.4 is 9.62 Å². The number of amides is 1. The molecule has 0 saturated carbocycles. The average molecular weight is 544 g/mol. The van der Waals surface area contributed by atoms with Crippen LogP contribution in [0.5, 0.6) is 0 Å². The minimum absolute atomic E-state index is 0.0926. The van der Waals surface area contributed by atoms with E-state index in [0.717, 1.165) is 9.87 Å². The van der Waals surface area contributed by atoms with Crippen molar-refractivity contribution in [3.05, 3.63) is 93.4 Å². The minimum Gasteiger partial charge on any atom is -0.354 e. The van der Waals surface area contributed by atoms with Crippen molar-refractivity contribution in [2.24, 2.45) is 0 Å². The van der Waals surface area contributed by atoms with Gasteiger partial charge in [0.15, 0.2) is 0 Å². The lowest BCUT2D eigenvalue weighted by Gasteiger charge is -2.24. The fraction of sp³-hybridized carbons (Fsp3) is 0.174. The van der Waals surface area contributed by atoms with Gasteiger partial charge in [0, 0.05) is 23.1 Å². The van der Waals surface area contributed by atoms with E-state index in [4.69, 9.17) is 34.8 Å². The van der Waals surface area contributed by atoms with Crippen LogP contribution >= 0.6 is 46.6 Å². The molecule has 3 aromatic carbocycles. The summed E-state index contributed by atoms with van der Waals surface area (Å²) in [5, 5.41) is 4.17. The van der Waals surface area contributed by atoms with Crippen LogP contribution in [0.4, 0.5) is 5.69 Å². The lowest BCUT2D eigenvalue weighted by molar-refractivity contribution is -0.119. The Morgan fingerprint density at radius 3 is 2.36 bits per heavy atom. The minimum atomic E-state index is -3.96. The molecule has 1 N–H and O–H groups in total. The van der Waals surface area contributed by atoms with Gasteiger partial charge in [-0.15, -0.1) is 0 Å². The molecule has 0 aliphatic carbocycles. The second kappa shape index (κ2) is 12.0. The number of anilines is 1. The molecule has 0 spiro atoms. The molecule has 0 radical (unpaired) electrons. The van der Waals surface area contributed by atoms with Gasteiger partial charge < -0.3 is 5.32 Å². The Kier molecular flexibility index (Phi) is 9.35. The van der Waals surface area contributed by atoms with E-state index in [0.29, 0.717) is 38.8 Å². The number of benzene rings is 3. The number of carbonyl (C=O) groups excluding carboxylic acids is 1. The average Bonchev–Trinajstić information content (AvgIpc) is 2.80. The second-order valence-corrected chi connectivity index (χ2v) is 11.2. The van der Waals surface area contributed by atoms with E-state index in [1.54, 1.807) is 54.2 Å². The molecule has 0 unspecified atom stereocenters. The van der Waals surface area contributed by atoms with Gasteiger partial charge in [0.05, 0.1) is 20.6 Å². The van der Waals surface area contributed by atoms with Gasteiger partial charge in [-0.3, -0.25) is 9.10 Å². The van der Waals surface area contributed by atoms with Crippen molar-refractivity contribution in [3.8, 4) is 0 Å². The van der Waals surface area contributed by atoms with Crippen LogP contribution in [0.15, 0.2) is 77.7 Å². The normalized spacial score (nSPS) is 11.2. The number of rotatable bonds is 10. The molecule has 174 valence electrons. The summed E-state index contributed by atoms with van der Waals surface area (Å²) in [5.41, 5.74) is 1.34. The Morgan fingerprint density at radius 2 is 1.67 bits per heavy atom. The molecule has 33 heavy (non-hydrogen) atoms. The zero-order valence-electron chi connectivity index (χ0n) is 17.4. The molecule has 0 heterocycles. The topological polar surface area (TPSA) is 66.5 Å². The molecule has 0 atom stereocenters. The summed E-state index contributed by atoms with van der Waals surface area (Å²) in [4.78, 5) is 12.7. The molecule has 5 nitrogen and oxygen atoms in total. The molecular formula is C23H21Cl3N2O3S2. The molecule has 0 aliphatic heterocycles. The third-order valence-electron chi connectivity index (χ3n) is 4.54. The smallest absolute Gasteiger partial charge is 0.264 e. The molecule has 10 heteroatoms. The van der Waals surface area contributed by atoms with Crippen LogP contribution in [0.3, 0.4) is 0 Å². The fourth-order valence-corrected chi connectivity index (χ4v) is 5.68. The van der Waals surface area contributed by atoms with Crippen molar-refractivity contribution in [3.63, 3.8) is 0 Å². The first-order chi connectivity index (χ1) is 15.8. The number of hydrogen-bond acceptors (Lipinski definition) is 4. The van der Waals surface area contributed by atoms with E-state index in [9.17, 15) is 13.2 Å². The van der Waals surface area contributed by atoms with E-state index >= 15 is 0 Å². The van der Waals surface area contributed by atoms with Crippen molar-refractivity contribution >= 4 is 68.2 Å². The summed E-state index contributed by atoms with van der Waals surface area (Å²) >= 11 is 19.6. The van der Waals surface area contributed by atoms with Crippen LogP contribution in [0.25, 0.3) is 0 Å². The second-order valence-electron chi connectivity index (χ2n) is 6.96. The van der Waals surface area contributed by atoms with Gasteiger partial charge in [0.25, 0.3) is 10.0 Å². The molecule has 0 fully saturated rings. The van der Waals surface area contributed by atoms with Gasteiger partial charge in [-0.2, -0.15) is 11.8 Å². The highest BCUT2D eigenvalue weighted by atomic mass is 35.5. The first-order valence-electron chi connectivity index (χ1n) is 9.89. The van der Waals surface area contributed by atoms with Crippen molar-refractivity contribution in [1.82, 2.24) is 5.32 Å². The SMILES string of the molecule is O=C(CN(c1cccc(Cl)c1)S(=O)(=O)c1ccccc1)NCCSCc1ccc(Cl)c(Cl)c1. The van der Waals surface area contributed by atoms with Crippen molar-refractivity contribution in [2.45, 2.75) is 10.6 Å². The fourth-order valence-electron chi connectivity index (χ4n) is 2.93. The van der Waals surface area contributed by atoms with Crippen LogP contribution in [0.1, 0.15) is 5.56 Å². The molecular weight excluding hydrogens is 523 g/mol. The van der Waals surface area contributed by atoms with E-state index in [-0.39, 0.29) is 11.4 Å². The summed E-state index contributed by atoms with van der Waals surface area (Å²) < 4.78 is 27.5. The van der Waals surface area contributed by atoms with E-state index in [2.05, 4.69) is 5.32 Å². The third kappa shape index (κ3) is 7.29. The van der Waals surface area contributed by atoms with Crippen LogP contribution in [0, 0.1) is 0 Å². The number of nitrogens with one attached hydrogen (secondary N) is 1. The predicted molar refractivity (Wildman–Crippen MR) is 138 cm³/mol. The lowest BCUT2D eigenvalue weighted by Crippen LogP contribution is -2.41. The monoisotopic (exact) mass is 542 g/mol. The van der Waals surface area contributed by atoms with Crippen molar-refractivity contribution in [1.29, 1.82) is 0 Å². The number of halogens is 3. The summed E-state index contributed by atoms with van der Waals surface area (Å²) in [5.74, 6) is 0.947. The Balaban J connectivity index is 1.61. The molecule has 0 aromatic heterocycles. The highest BCUT2D eigenvalue weighted by Crippen LogP contribution is 2.26. The Labute approximate surface area is 213 Å². The standard InChI is InChI=1S/C23H21Cl3N2O3S2/c24-18-5-4-6-19(14-18)28(33(30,31)20-7-2-1-3-8-20)15-23(29)27-11-12-32-16-17-9-10-21(25)22(26)13-17/h1-10,13-14H,11-12,15-16H2,(H,27,29). The van der Waals surface area contributed by atoms with Gasteiger partial charge in [-0.1, -0.05) is 65.1 Å². The van der Waals surface area contributed by atoms with Crippen molar-refractivity contribution in [2.75, 3.05) is 23.1 Å². The van der Waals surface area contributed by atoms with Gasteiger partial charge in [0.2, 0.25) is 5.91 Å². The number of thioether (sulfide) groups is 1.